The number of aromatic nitrogens is 2. The topological polar surface area (TPSA) is 33.5 Å². The minimum atomic E-state index is 0.608. The second-order valence-electron chi connectivity index (χ2n) is 7.56. The summed E-state index contributed by atoms with van der Waals surface area (Å²) in [5.74, 6) is 0.829. The van der Waals surface area contributed by atoms with Gasteiger partial charge in [-0.15, -0.1) is 0 Å². The number of morpholine rings is 1. The molecule has 5 nitrogen and oxygen atoms in total. The van der Waals surface area contributed by atoms with Gasteiger partial charge in [0.2, 0.25) is 0 Å². The molecule has 0 saturated carbocycles. The first-order chi connectivity index (χ1) is 12.4. The Labute approximate surface area is 149 Å². The van der Waals surface area contributed by atoms with Crippen LogP contribution in [0, 0.1) is 5.92 Å². The fourth-order valence-electron chi connectivity index (χ4n) is 4.60. The predicted octanol–water partition coefficient (Wildman–Crippen LogP) is 2.65. The SMILES string of the molecule is c1cc(N2CCOCC2)ccc1-c1cn(C2CN3CCC2CC3)cn1. The number of hydrogen-bond donors (Lipinski definition) is 0. The lowest BCUT2D eigenvalue weighted by atomic mass is 9.84. The fraction of sp³-hybridized carbons (Fsp3) is 0.550. The van der Waals surface area contributed by atoms with E-state index in [0.29, 0.717) is 6.04 Å². The lowest BCUT2D eigenvalue weighted by molar-refractivity contribution is 0.0570. The van der Waals surface area contributed by atoms with Crippen LogP contribution in [-0.2, 0) is 4.74 Å². The molecule has 2 aromatic rings. The second-order valence-corrected chi connectivity index (χ2v) is 7.56. The molecule has 132 valence electrons. The smallest absolute Gasteiger partial charge is 0.0956 e. The van der Waals surface area contributed by atoms with Crippen LogP contribution in [0.15, 0.2) is 36.8 Å². The van der Waals surface area contributed by atoms with Crippen molar-refractivity contribution in [2.75, 3.05) is 50.8 Å². The van der Waals surface area contributed by atoms with E-state index < -0.39 is 0 Å². The zero-order chi connectivity index (χ0) is 16.6. The van der Waals surface area contributed by atoms with Crippen LogP contribution in [0.5, 0.6) is 0 Å². The summed E-state index contributed by atoms with van der Waals surface area (Å²) in [4.78, 5) is 9.68. The van der Waals surface area contributed by atoms with Crippen LogP contribution in [0.3, 0.4) is 0 Å². The minimum Gasteiger partial charge on any atom is -0.378 e. The standard InChI is InChI=1S/C20H26N4O/c1-3-18(23-9-11-25-12-10-23)4-2-16(1)19-13-24(15-21-19)20-14-22-7-5-17(20)6-8-22/h1-4,13,15,17,20H,5-12,14H2. The molecule has 1 unspecified atom stereocenters. The normalized spacial score (nSPS) is 29.1. The van der Waals surface area contributed by atoms with Gasteiger partial charge in [-0.3, -0.25) is 0 Å². The Morgan fingerprint density at radius 2 is 1.72 bits per heavy atom. The molecule has 4 aliphatic rings. The summed E-state index contributed by atoms with van der Waals surface area (Å²) >= 11 is 0. The lowest BCUT2D eigenvalue weighted by Crippen LogP contribution is -2.47. The van der Waals surface area contributed by atoms with E-state index in [-0.39, 0.29) is 0 Å². The molecular weight excluding hydrogens is 312 g/mol. The molecular formula is C20H26N4O. The molecule has 2 bridgehead atoms. The number of rotatable bonds is 3. The molecule has 0 N–H and O–H groups in total. The summed E-state index contributed by atoms with van der Waals surface area (Å²) in [6.07, 6.45) is 6.97. The van der Waals surface area contributed by atoms with E-state index in [9.17, 15) is 0 Å². The van der Waals surface area contributed by atoms with Crippen molar-refractivity contribution in [1.82, 2.24) is 14.5 Å². The molecule has 6 rings (SSSR count). The zero-order valence-electron chi connectivity index (χ0n) is 14.7. The summed E-state index contributed by atoms with van der Waals surface area (Å²) in [6.45, 7) is 7.37. The van der Waals surface area contributed by atoms with Gasteiger partial charge in [-0.05, 0) is 44.0 Å². The van der Waals surface area contributed by atoms with Gasteiger partial charge < -0.3 is 19.1 Å². The van der Waals surface area contributed by atoms with E-state index in [4.69, 9.17) is 9.72 Å². The number of fused-ring (bicyclic) bond motifs is 3. The monoisotopic (exact) mass is 338 g/mol. The fourth-order valence-corrected chi connectivity index (χ4v) is 4.60. The number of anilines is 1. The molecule has 25 heavy (non-hydrogen) atoms. The number of piperidine rings is 3. The van der Waals surface area contributed by atoms with Crippen LogP contribution in [0.4, 0.5) is 5.69 Å². The number of ether oxygens (including phenoxy) is 1. The van der Waals surface area contributed by atoms with Gasteiger partial charge in [0.25, 0.3) is 0 Å². The van der Waals surface area contributed by atoms with Gasteiger partial charge >= 0.3 is 0 Å². The molecule has 1 aromatic heterocycles. The summed E-state index contributed by atoms with van der Waals surface area (Å²) in [5, 5.41) is 0. The predicted molar refractivity (Wildman–Crippen MR) is 98.9 cm³/mol. The molecule has 5 heterocycles. The molecule has 4 fully saturated rings. The average molecular weight is 338 g/mol. The van der Waals surface area contributed by atoms with E-state index in [2.05, 4.69) is 44.8 Å². The van der Waals surface area contributed by atoms with E-state index in [1.54, 1.807) is 0 Å². The maximum atomic E-state index is 5.44. The van der Waals surface area contributed by atoms with E-state index in [0.717, 1.165) is 37.9 Å². The third-order valence-corrected chi connectivity index (χ3v) is 6.15. The van der Waals surface area contributed by atoms with Crippen molar-refractivity contribution < 1.29 is 4.74 Å². The maximum absolute atomic E-state index is 5.44. The van der Waals surface area contributed by atoms with Gasteiger partial charge in [0.15, 0.2) is 0 Å². The number of nitrogens with zero attached hydrogens (tertiary/aromatic N) is 4. The Kier molecular flexibility index (Phi) is 3.98. The van der Waals surface area contributed by atoms with Crippen molar-refractivity contribution in [2.24, 2.45) is 5.92 Å². The molecule has 4 saturated heterocycles. The van der Waals surface area contributed by atoms with Crippen molar-refractivity contribution in [1.29, 1.82) is 0 Å². The first-order valence-corrected chi connectivity index (χ1v) is 9.56. The first kappa shape index (κ1) is 15.4. The third-order valence-electron chi connectivity index (χ3n) is 6.15. The van der Waals surface area contributed by atoms with Gasteiger partial charge in [-0.2, -0.15) is 0 Å². The highest BCUT2D eigenvalue weighted by Gasteiger charge is 2.35. The third kappa shape index (κ3) is 2.96. The summed E-state index contributed by atoms with van der Waals surface area (Å²) in [6, 6.07) is 9.44. The van der Waals surface area contributed by atoms with Crippen LogP contribution >= 0.6 is 0 Å². The van der Waals surface area contributed by atoms with Crippen molar-refractivity contribution in [3.05, 3.63) is 36.8 Å². The first-order valence-electron chi connectivity index (χ1n) is 9.56. The number of hydrogen-bond acceptors (Lipinski definition) is 4. The number of benzene rings is 1. The van der Waals surface area contributed by atoms with Crippen LogP contribution < -0.4 is 4.90 Å². The van der Waals surface area contributed by atoms with Crippen molar-refractivity contribution in [2.45, 2.75) is 18.9 Å². The summed E-state index contributed by atoms with van der Waals surface area (Å²) < 4.78 is 7.80. The van der Waals surface area contributed by atoms with Crippen LogP contribution in [-0.4, -0.2) is 60.4 Å². The molecule has 0 amide bonds. The lowest BCUT2D eigenvalue weighted by Gasteiger charge is -2.45. The molecule has 0 radical (unpaired) electrons. The maximum Gasteiger partial charge on any atom is 0.0956 e. The van der Waals surface area contributed by atoms with Gasteiger partial charge in [0, 0.05) is 37.1 Å². The second kappa shape index (κ2) is 6.46. The van der Waals surface area contributed by atoms with Crippen LogP contribution in [0.1, 0.15) is 18.9 Å². The van der Waals surface area contributed by atoms with E-state index in [1.165, 1.54) is 43.7 Å². The van der Waals surface area contributed by atoms with E-state index >= 15 is 0 Å². The Balaban J connectivity index is 1.33. The molecule has 0 spiro atoms. The van der Waals surface area contributed by atoms with Crippen LogP contribution in [0.25, 0.3) is 11.3 Å². The molecule has 0 aliphatic carbocycles. The molecule has 1 atom stereocenters. The Morgan fingerprint density at radius 1 is 0.960 bits per heavy atom. The van der Waals surface area contributed by atoms with Crippen molar-refractivity contribution >= 4 is 5.69 Å². The highest BCUT2D eigenvalue weighted by Crippen LogP contribution is 2.36. The molecule has 5 heteroatoms. The van der Waals surface area contributed by atoms with Gasteiger partial charge in [0.1, 0.15) is 0 Å². The quantitative estimate of drug-likeness (QED) is 0.862. The summed E-state index contributed by atoms with van der Waals surface area (Å²) in [7, 11) is 0. The van der Waals surface area contributed by atoms with Crippen LogP contribution in [0.2, 0.25) is 0 Å². The molecule has 4 aliphatic heterocycles. The molecule has 1 aromatic carbocycles. The van der Waals surface area contributed by atoms with Gasteiger partial charge in [0.05, 0.1) is 31.3 Å². The largest absolute Gasteiger partial charge is 0.378 e. The highest BCUT2D eigenvalue weighted by molar-refractivity contribution is 5.62. The Bertz CT molecular complexity index is 712. The Hall–Kier alpha value is -1.85. The van der Waals surface area contributed by atoms with Gasteiger partial charge in [-0.25, -0.2) is 4.98 Å². The summed E-state index contributed by atoms with van der Waals surface area (Å²) in [5.41, 5.74) is 3.57. The van der Waals surface area contributed by atoms with Crippen molar-refractivity contribution in [3.63, 3.8) is 0 Å². The van der Waals surface area contributed by atoms with E-state index in [1.807, 2.05) is 6.33 Å². The minimum absolute atomic E-state index is 0.608. The average Bonchev–Trinajstić information content (AvgIpc) is 3.20. The van der Waals surface area contributed by atoms with Crippen molar-refractivity contribution in [3.8, 4) is 11.3 Å². The number of imidazole rings is 1. The Morgan fingerprint density at radius 3 is 2.40 bits per heavy atom. The zero-order valence-corrected chi connectivity index (χ0v) is 14.7. The highest BCUT2D eigenvalue weighted by atomic mass is 16.5. The van der Waals surface area contributed by atoms with Gasteiger partial charge in [-0.1, -0.05) is 12.1 Å².